The van der Waals surface area contributed by atoms with Gasteiger partial charge in [-0.15, -0.1) is 0 Å². The number of anilines is 1. The third kappa shape index (κ3) is 6.17. The third-order valence-electron chi connectivity index (χ3n) is 3.93. The number of amides is 1. The summed E-state index contributed by atoms with van der Waals surface area (Å²) in [5.74, 6) is 0.896. The van der Waals surface area contributed by atoms with Gasteiger partial charge in [-0.1, -0.05) is 42.0 Å². The first-order valence-electron chi connectivity index (χ1n) is 8.87. The number of benzene rings is 3. The maximum absolute atomic E-state index is 12.3. The number of ether oxygens (including phenoxy) is 2. The Morgan fingerprint density at radius 1 is 0.931 bits per heavy atom. The highest BCUT2D eigenvalue weighted by atomic mass is 19.3. The van der Waals surface area contributed by atoms with E-state index in [1.807, 2.05) is 37.3 Å². The number of carbonyl (C=O) groups is 1. The van der Waals surface area contributed by atoms with Crippen LogP contribution < -0.4 is 14.8 Å². The Bertz CT molecular complexity index is 984. The van der Waals surface area contributed by atoms with Gasteiger partial charge in [-0.2, -0.15) is 8.78 Å². The van der Waals surface area contributed by atoms with Gasteiger partial charge in [0.15, 0.2) is 5.75 Å². The molecule has 0 heterocycles. The van der Waals surface area contributed by atoms with E-state index >= 15 is 0 Å². The summed E-state index contributed by atoms with van der Waals surface area (Å²) in [5.41, 5.74) is 2.33. The van der Waals surface area contributed by atoms with E-state index in [0.717, 1.165) is 5.56 Å². The SMILES string of the molecule is Cc1ccc(Oc2ccccc2NC(=O)/C=C/c2ccc(OC(F)F)cc2)cc1. The largest absolute Gasteiger partial charge is 0.455 e. The predicted molar refractivity (Wildman–Crippen MR) is 108 cm³/mol. The van der Waals surface area contributed by atoms with Crippen LogP contribution in [0.4, 0.5) is 14.5 Å². The van der Waals surface area contributed by atoms with Crippen LogP contribution in [0.3, 0.4) is 0 Å². The second-order valence-corrected chi connectivity index (χ2v) is 6.18. The highest BCUT2D eigenvalue weighted by Crippen LogP contribution is 2.29. The van der Waals surface area contributed by atoms with E-state index in [1.54, 1.807) is 36.4 Å². The summed E-state index contributed by atoms with van der Waals surface area (Å²) in [4.78, 5) is 12.3. The average molecular weight is 395 g/mol. The summed E-state index contributed by atoms with van der Waals surface area (Å²) in [6.07, 6.45) is 2.93. The van der Waals surface area contributed by atoms with E-state index in [4.69, 9.17) is 4.74 Å². The third-order valence-corrected chi connectivity index (χ3v) is 3.93. The molecule has 1 N–H and O–H groups in total. The lowest BCUT2D eigenvalue weighted by Crippen LogP contribution is -2.08. The van der Waals surface area contributed by atoms with Crippen molar-refractivity contribution < 1.29 is 23.0 Å². The van der Waals surface area contributed by atoms with Crippen molar-refractivity contribution in [1.82, 2.24) is 0 Å². The molecule has 3 aromatic carbocycles. The molecular formula is C23H19F2NO3. The zero-order valence-corrected chi connectivity index (χ0v) is 15.6. The van der Waals surface area contributed by atoms with Gasteiger partial charge in [0.1, 0.15) is 11.5 Å². The quantitative estimate of drug-likeness (QED) is 0.496. The van der Waals surface area contributed by atoms with Gasteiger partial charge in [-0.05, 0) is 55.0 Å². The standard InChI is InChI=1S/C23H19F2NO3/c1-16-6-11-18(12-7-16)28-21-5-3-2-4-20(21)26-22(27)15-10-17-8-13-19(14-9-17)29-23(24)25/h2-15,23H,1H3,(H,26,27)/b15-10+. The van der Waals surface area contributed by atoms with Gasteiger partial charge < -0.3 is 14.8 Å². The van der Waals surface area contributed by atoms with Crippen LogP contribution >= 0.6 is 0 Å². The molecule has 0 aromatic heterocycles. The van der Waals surface area contributed by atoms with Gasteiger partial charge in [0.25, 0.3) is 0 Å². The van der Waals surface area contributed by atoms with Crippen LogP contribution in [0, 0.1) is 6.92 Å². The van der Waals surface area contributed by atoms with Crippen molar-refractivity contribution in [1.29, 1.82) is 0 Å². The maximum atomic E-state index is 12.3. The smallest absolute Gasteiger partial charge is 0.387 e. The summed E-state index contributed by atoms with van der Waals surface area (Å²) in [6, 6.07) is 20.7. The zero-order valence-electron chi connectivity index (χ0n) is 15.6. The Morgan fingerprint density at radius 3 is 2.28 bits per heavy atom. The molecule has 4 nitrogen and oxygen atoms in total. The Kier molecular flexibility index (Phi) is 6.58. The normalized spacial score (nSPS) is 10.9. The molecule has 0 bridgehead atoms. The van der Waals surface area contributed by atoms with Crippen molar-refractivity contribution in [2.75, 3.05) is 5.32 Å². The molecule has 3 aromatic rings. The molecule has 0 aliphatic rings. The van der Waals surface area contributed by atoms with Crippen LogP contribution in [-0.4, -0.2) is 12.5 Å². The fraction of sp³-hybridized carbons (Fsp3) is 0.0870. The molecule has 0 saturated carbocycles. The van der Waals surface area contributed by atoms with Gasteiger partial charge in [-0.25, -0.2) is 0 Å². The summed E-state index contributed by atoms with van der Waals surface area (Å²) < 4.78 is 34.5. The van der Waals surface area contributed by atoms with Crippen LogP contribution in [0.2, 0.25) is 0 Å². The molecular weight excluding hydrogens is 376 g/mol. The van der Waals surface area contributed by atoms with E-state index in [1.165, 1.54) is 18.2 Å². The molecule has 0 fully saturated rings. The summed E-state index contributed by atoms with van der Waals surface area (Å²) in [6.45, 7) is -0.881. The van der Waals surface area contributed by atoms with Gasteiger partial charge in [0.2, 0.25) is 5.91 Å². The van der Waals surface area contributed by atoms with Crippen LogP contribution in [-0.2, 0) is 4.79 Å². The number of nitrogens with one attached hydrogen (secondary N) is 1. The summed E-state index contributed by atoms with van der Waals surface area (Å²) in [5, 5.41) is 2.78. The summed E-state index contributed by atoms with van der Waals surface area (Å²) in [7, 11) is 0. The molecule has 0 unspecified atom stereocenters. The minimum Gasteiger partial charge on any atom is -0.455 e. The van der Waals surface area contributed by atoms with Crippen LogP contribution in [0.1, 0.15) is 11.1 Å². The van der Waals surface area contributed by atoms with Crippen molar-refractivity contribution in [3.63, 3.8) is 0 Å². The Balaban J connectivity index is 1.64. The van der Waals surface area contributed by atoms with Crippen molar-refractivity contribution >= 4 is 17.7 Å². The molecule has 1 amide bonds. The Hall–Kier alpha value is -3.67. The minimum atomic E-state index is -2.87. The van der Waals surface area contributed by atoms with E-state index in [-0.39, 0.29) is 11.7 Å². The second kappa shape index (κ2) is 9.50. The van der Waals surface area contributed by atoms with Gasteiger partial charge in [-0.3, -0.25) is 4.79 Å². The molecule has 29 heavy (non-hydrogen) atoms. The minimum absolute atomic E-state index is 0.0591. The lowest BCUT2D eigenvalue weighted by atomic mass is 10.2. The highest BCUT2D eigenvalue weighted by molar-refractivity contribution is 6.02. The molecule has 0 radical (unpaired) electrons. The molecule has 0 aliphatic carbocycles. The topological polar surface area (TPSA) is 47.6 Å². The molecule has 6 heteroatoms. The van der Waals surface area contributed by atoms with Crippen LogP contribution in [0.15, 0.2) is 78.9 Å². The van der Waals surface area contributed by atoms with Gasteiger partial charge >= 0.3 is 6.61 Å². The fourth-order valence-corrected chi connectivity index (χ4v) is 2.50. The lowest BCUT2D eigenvalue weighted by Gasteiger charge is -2.11. The van der Waals surface area contributed by atoms with Crippen molar-refractivity contribution in [2.45, 2.75) is 13.5 Å². The molecule has 0 spiro atoms. The maximum Gasteiger partial charge on any atom is 0.387 e. The van der Waals surface area contributed by atoms with E-state index in [9.17, 15) is 13.6 Å². The van der Waals surface area contributed by atoms with Crippen molar-refractivity contribution in [2.24, 2.45) is 0 Å². The summed E-state index contributed by atoms with van der Waals surface area (Å²) >= 11 is 0. The van der Waals surface area contributed by atoms with Crippen LogP contribution in [0.5, 0.6) is 17.2 Å². The Morgan fingerprint density at radius 2 is 1.59 bits per heavy atom. The number of hydrogen-bond donors (Lipinski definition) is 1. The average Bonchev–Trinajstić information content (AvgIpc) is 2.70. The number of hydrogen-bond acceptors (Lipinski definition) is 3. The number of para-hydroxylation sites is 2. The van der Waals surface area contributed by atoms with Gasteiger partial charge in [0, 0.05) is 6.08 Å². The number of alkyl halides is 2. The first-order chi connectivity index (χ1) is 14.0. The fourth-order valence-electron chi connectivity index (χ4n) is 2.50. The molecule has 148 valence electrons. The Labute approximate surface area is 167 Å². The molecule has 0 atom stereocenters. The highest BCUT2D eigenvalue weighted by Gasteiger charge is 2.07. The van der Waals surface area contributed by atoms with Crippen molar-refractivity contribution in [3.05, 3.63) is 90.0 Å². The first-order valence-corrected chi connectivity index (χ1v) is 8.87. The lowest BCUT2D eigenvalue weighted by molar-refractivity contribution is -0.111. The van der Waals surface area contributed by atoms with E-state index in [2.05, 4.69) is 10.1 Å². The predicted octanol–water partition coefficient (Wildman–Crippen LogP) is 6.04. The monoisotopic (exact) mass is 395 g/mol. The van der Waals surface area contributed by atoms with Gasteiger partial charge in [0.05, 0.1) is 5.69 Å². The molecule has 0 aliphatic heterocycles. The molecule has 3 rings (SSSR count). The number of rotatable bonds is 7. The number of carbonyl (C=O) groups excluding carboxylic acids is 1. The molecule has 0 saturated heterocycles. The second-order valence-electron chi connectivity index (χ2n) is 6.18. The van der Waals surface area contributed by atoms with E-state index in [0.29, 0.717) is 22.7 Å². The number of aryl methyl sites for hydroxylation is 1. The van der Waals surface area contributed by atoms with E-state index < -0.39 is 6.61 Å². The number of halogens is 2. The van der Waals surface area contributed by atoms with Crippen LogP contribution in [0.25, 0.3) is 6.08 Å². The first kappa shape index (κ1) is 20.1. The zero-order chi connectivity index (χ0) is 20.6. The van der Waals surface area contributed by atoms with Crippen molar-refractivity contribution in [3.8, 4) is 17.2 Å².